The van der Waals surface area contributed by atoms with Gasteiger partial charge in [0.05, 0.1) is 17.5 Å². The van der Waals surface area contributed by atoms with E-state index in [9.17, 15) is 9.59 Å². The summed E-state index contributed by atoms with van der Waals surface area (Å²) >= 11 is 0. The van der Waals surface area contributed by atoms with Crippen LogP contribution in [0.3, 0.4) is 0 Å². The normalized spacial score (nSPS) is 20.4. The summed E-state index contributed by atoms with van der Waals surface area (Å²) in [7, 11) is 0. The Labute approximate surface area is 114 Å². The molecule has 0 bridgehead atoms. The number of nitrogens with zero attached hydrogens (tertiary/aromatic N) is 3. The lowest BCUT2D eigenvalue weighted by atomic mass is 10.2. The van der Waals surface area contributed by atoms with E-state index in [1.54, 1.807) is 35.3 Å². The number of nitrogens with one attached hydrogen (secondary N) is 1. The van der Waals surface area contributed by atoms with Crippen LogP contribution >= 0.6 is 0 Å². The molecule has 1 aromatic carbocycles. The second-order valence-corrected chi connectivity index (χ2v) is 4.66. The molecule has 3 rings (SSSR count). The molecular weight excluding hydrogens is 260 g/mol. The van der Waals surface area contributed by atoms with Crippen molar-refractivity contribution < 1.29 is 14.7 Å². The van der Waals surface area contributed by atoms with Gasteiger partial charge in [-0.1, -0.05) is 0 Å². The van der Waals surface area contributed by atoms with Crippen LogP contribution in [0.4, 0.5) is 5.69 Å². The van der Waals surface area contributed by atoms with Crippen molar-refractivity contribution >= 4 is 17.6 Å². The maximum absolute atomic E-state index is 11.8. The van der Waals surface area contributed by atoms with Crippen molar-refractivity contribution in [2.45, 2.75) is 6.42 Å². The maximum Gasteiger partial charge on any atom is 0.307 e. The molecule has 1 aromatic heterocycles. The number of carbonyl (C=O) groups excluding carboxylic acids is 1. The highest BCUT2D eigenvalue weighted by Crippen LogP contribution is 2.39. The lowest BCUT2D eigenvalue weighted by Gasteiger charge is -2.06. The number of hydrogen-bond acceptors (Lipinski definition) is 4. The Hall–Kier alpha value is -2.70. The number of amides is 1. The van der Waals surface area contributed by atoms with Crippen molar-refractivity contribution in [1.82, 2.24) is 14.8 Å². The molecule has 1 fully saturated rings. The summed E-state index contributed by atoms with van der Waals surface area (Å²) in [5, 5.41) is 15.5. The van der Waals surface area contributed by atoms with Gasteiger partial charge < -0.3 is 10.4 Å². The predicted molar refractivity (Wildman–Crippen MR) is 69.2 cm³/mol. The zero-order chi connectivity index (χ0) is 14.1. The van der Waals surface area contributed by atoms with Crippen molar-refractivity contribution in [3.05, 3.63) is 36.9 Å². The van der Waals surface area contributed by atoms with E-state index in [4.69, 9.17) is 5.11 Å². The number of benzene rings is 1. The number of rotatable bonds is 4. The van der Waals surface area contributed by atoms with Gasteiger partial charge in [0, 0.05) is 5.69 Å². The van der Waals surface area contributed by atoms with Crippen LogP contribution in [-0.4, -0.2) is 31.7 Å². The smallest absolute Gasteiger partial charge is 0.307 e. The molecule has 0 saturated heterocycles. The SMILES string of the molecule is O=C(O)[C@H]1C[C@H]1C(=O)Nc1ccc(-n2cncn2)cc1. The first-order valence-electron chi connectivity index (χ1n) is 6.14. The van der Waals surface area contributed by atoms with Gasteiger partial charge in [-0.25, -0.2) is 9.67 Å². The van der Waals surface area contributed by atoms with Crippen LogP contribution in [-0.2, 0) is 9.59 Å². The van der Waals surface area contributed by atoms with Crippen LogP contribution in [0.15, 0.2) is 36.9 Å². The molecule has 1 aliphatic rings. The lowest BCUT2D eigenvalue weighted by Crippen LogP contribution is -2.16. The molecule has 2 aromatic rings. The van der Waals surface area contributed by atoms with E-state index < -0.39 is 17.8 Å². The third kappa shape index (κ3) is 2.37. The second-order valence-electron chi connectivity index (χ2n) is 4.66. The molecule has 102 valence electrons. The van der Waals surface area contributed by atoms with Crippen LogP contribution in [0.5, 0.6) is 0 Å². The summed E-state index contributed by atoms with van der Waals surface area (Å²) in [4.78, 5) is 26.4. The Morgan fingerprint density at radius 3 is 2.55 bits per heavy atom. The van der Waals surface area contributed by atoms with Crippen LogP contribution in [0.2, 0.25) is 0 Å². The zero-order valence-corrected chi connectivity index (χ0v) is 10.4. The van der Waals surface area contributed by atoms with Crippen LogP contribution < -0.4 is 5.32 Å². The number of carboxylic acids is 1. The summed E-state index contributed by atoms with van der Waals surface area (Å²) in [6.45, 7) is 0. The fourth-order valence-electron chi connectivity index (χ4n) is 2.03. The summed E-state index contributed by atoms with van der Waals surface area (Å²) in [6, 6.07) is 7.08. The minimum Gasteiger partial charge on any atom is -0.481 e. The molecule has 2 N–H and O–H groups in total. The topological polar surface area (TPSA) is 97.1 Å². The van der Waals surface area contributed by atoms with Gasteiger partial charge in [-0.2, -0.15) is 5.10 Å². The molecule has 7 nitrogen and oxygen atoms in total. The summed E-state index contributed by atoms with van der Waals surface area (Å²) in [5.41, 5.74) is 1.46. The number of anilines is 1. The third-order valence-electron chi connectivity index (χ3n) is 3.26. The highest BCUT2D eigenvalue weighted by atomic mass is 16.4. The Kier molecular flexibility index (Phi) is 2.94. The van der Waals surface area contributed by atoms with Gasteiger partial charge in [0.1, 0.15) is 12.7 Å². The lowest BCUT2D eigenvalue weighted by molar-refractivity contribution is -0.139. The van der Waals surface area contributed by atoms with Crippen LogP contribution in [0, 0.1) is 11.8 Å². The van der Waals surface area contributed by atoms with E-state index in [0.29, 0.717) is 12.1 Å². The van der Waals surface area contributed by atoms with Crippen molar-refractivity contribution in [3.8, 4) is 5.69 Å². The zero-order valence-electron chi connectivity index (χ0n) is 10.4. The molecule has 1 amide bonds. The quantitative estimate of drug-likeness (QED) is 0.862. The van der Waals surface area contributed by atoms with Crippen molar-refractivity contribution in [2.75, 3.05) is 5.32 Å². The molecule has 0 unspecified atom stereocenters. The molecule has 0 spiro atoms. The van der Waals surface area contributed by atoms with Gasteiger partial charge in [-0.15, -0.1) is 0 Å². The molecule has 20 heavy (non-hydrogen) atoms. The molecule has 0 radical (unpaired) electrons. The largest absolute Gasteiger partial charge is 0.481 e. The minimum atomic E-state index is -0.910. The fourth-order valence-corrected chi connectivity index (χ4v) is 2.03. The first-order chi connectivity index (χ1) is 9.65. The van der Waals surface area contributed by atoms with Gasteiger partial charge in [-0.3, -0.25) is 9.59 Å². The number of aromatic nitrogens is 3. The van der Waals surface area contributed by atoms with E-state index >= 15 is 0 Å². The third-order valence-corrected chi connectivity index (χ3v) is 3.26. The van der Waals surface area contributed by atoms with E-state index in [2.05, 4.69) is 15.4 Å². The van der Waals surface area contributed by atoms with Crippen molar-refractivity contribution in [2.24, 2.45) is 11.8 Å². The van der Waals surface area contributed by atoms with Gasteiger partial charge >= 0.3 is 5.97 Å². The average Bonchev–Trinajstić information content (AvgIpc) is 3.07. The monoisotopic (exact) mass is 272 g/mol. The highest BCUT2D eigenvalue weighted by molar-refractivity contribution is 5.98. The Morgan fingerprint density at radius 1 is 1.25 bits per heavy atom. The number of aliphatic carboxylic acids is 1. The minimum absolute atomic E-state index is 0.245. The molecule has 0 aliphatic heterocycles. The highest BCUT2D eigenvalue weighted by Gasteiger charge is 2.48. The summed E-state index contributed by atoms with van der Waals surface area (Å²) in [6.07, 6.45) is 3.43. The molecule has 7 heteroatoms. The molecule has 1 aliphatic carbocycles. The number of carbonyl (C=O) groups is 2. The van der Waals surface area contributed by atoms with E-state index in [0.717, 1.165) is 5.69 Å². The molecule has 2 atom stereocenters. The van der Waals surface area contributed by atoms with Crippen molar-refractivity contribution in [3.63, 3.8) is 0 Å². The van der Waals surface area contributed by atoms with E-state index in [-0.39, 0.29) is 5.91 Å². The molecule has 1 saturated carbocycles. The fraction of sp³-hybridized carbons (Fsp3) is 0.231. The van der Waals surface area contributed by atoms with Crippen molar-refractivity contribution in [1.29, 1.82) is 0 Å². The average molecular weight is 272 g/mol. The molecular formula is C13H12N4O3. The maximum atomic E-state index is 11.8. The second kappa shape index (κ2) is 4.76. The standard InChI is InChI=1S/C13H12N4O3/c18-12(10-5-11(10)13(19)20)16-8-1-3-9(4-2-8)17-7-14-6-15-17/h1-4,6-7,10-11H,5H2,(H,16,18)(H,19,20)/t10-,11+/m1/s1. The predicted octanol–water partition coefficient (Wildman–Crippen LogP) is 0.927. The number of hydrogen-bond donors (Lipinski definition) is 2. The van der Waals surface area contributed by atoms with Gasteiger partial charge in [0.15, 0.2) is 0 Å². The first kappa shape index (κ1) is 12.3. The van der Waals surface area contributed by atoms with Crippen LogP contribution in [0.25, 0.3) is 5.69 Å². The van der Waals surface area contributed by atoms with Gasteiger partial charge in [0.2, 0.25) is 5.91 Å². The Balaban J connectivity index is 1.64. The van der Waals surface area contributed by atoms with Gasteiger partial charge in [-0.05, 0) is 30.7 Å². The summed E-state index contributed by atoms with van der Waals surface area (Å²) in [5.74, 6) is -2.11. The Morgan fingerprint density at radius 2 is 2.00 bits per heavy atom. The van der Waals surface area contributed by atoms with E-state index in [1.165, 1.54) is 6.33 Å². The number of carboxylic acid groups (broad SMARTS) is 1. The van der Waals surface area contributed by atoms with Crippen LogP contribution in [0.1, 0.15) is 6.42 Å². The first-order valence-corrected chi connectivity index (χ1v) is 6.14. The van der Waals surface area contributed by atoms with E-state index in [1.807, 2.05) is 0 Å². The molecule has 1 heterocycles. The summed E-state index contributed by atoms with van der Waals surface area (Å²) < 4.78 is 1.60. The van der Waals surface area contributed by atoms with Gasteiger partial charge in [0.25, 0.3) is 0 Å². The Bertz CT molecular complexity index is 636.